The van der Waals surface area contributed by atoms with Gasteiger partial charge in [-0.2, -0.15) is 0 Å². The molecule has 0 spiro atoms. The Labute approximate surface area is 132 Å². The lowest BCUT2D eigenvalue weighted by Crippen LogP contribution is -2.35. The second-order valence-corrected chi connectivity index (χ2v) is 6.74. The van der Waals surface area contributed by atoms with Gasteiger partial charge in [0.1, 0.15) is 4.88 Å². The number of carbonyl (C=O) groups excluding carboxylic acids is 1. The van der Waals surface area contributed by atoms with Gasteiger partial charge in [-0.3, -0.25) is 9.69 Å². The summed E-state index contributed by atoms with van der Waals surface area (Å²) in [5.41, 5.74) is 5.58. The van der Waals surface area contributed by atoms with Gasteiger partial charge in [-0.05, 0) is 13.3 Å². The van der Waals surface area contributed by atoms with Crippen molar-refractivity contribution in [1.29, 1.82) is 0 Å². The first-order valence-corrected chi connectivity index (χ1v) is 8.85. The van der Waals surface area contributed by atoms with E-state index < -0.39 is 0 Å². The van der Waals surface area contributed by atoms with Crippen molar-refractivity contribution in [3.8, 4) is 0 Å². The topological polar surface area (TPSA) is 49.3 Å². The minimum Gasteiger partial charge on any atom is -0.337 e. The minimum atomic E-state index is 0.130. The largest absolute Gasteiger partial charge is 0.337 e. The molecule has 1 fully saturated rings. The van der Waals surface area contributed by atoms with Gasteiger partial charge in [-0.1, -0.05) is 0 Å². The fourth-order valence-electron chi connectivity index (χ4n) is 2.53. The zero-order chi connectivity index (χ0) is 14.7. The van der Waals surface area contributed by atoms with Gasteiger partial charge in [-0.15, -0.1) is 22.7 Å². The van der Waals surface area contributed by atoms with Crippen LogP contribution in [0.1, 0.15) is 27.5 Å². The summed E-state index contributed by atoms with van der Waals surface area (Å²) in [5.74, 6) is 0.130. The van der Waals surface area contributed by atoms with Crippen LogP contribution in [0.2, 0.25) is 0 Å². The molecule has 2 aromatic rings. The molecule has 5 nitrogen and oxygen atoms in total. The first-order chi connectivity index (χ1) is 10.2. The van der Waals surface area contributed by atoms with Gasteiger partial charge in [0.05, 0.1) is 22.4 Å². The molecule has 21 heavy (non-hydrogen) atoms. The summed E-state index contributed by atoms with van der Waals surface area (Å²) in [6, 6.07) is 0. The second-order valence-electron chi connectivity index (χ2n) is 5.17. The molecule has 1 aliphatic heterocycles. The molecule has 0 atom stereocenters. The number of carbonyl (C=O) groups is 1. The maximum absolute atomic E-state index is 12.5. The predicted octanol–water partition coefficient (Wildman–Crippen LogP) is 2.26. The summed E-state index contributed by atoms with van der Waals surface area (Å²) in [6.07, 6.45) is 1.01. The predicted molar refractivity (Wildman–Crippen MR) is 84.8 cm³/mol. The van der Waals surface area contributed by atoms with E-state index in [1.54, 1.807) is 16.8 Å². The van der Waals surface area contributed by atoms with Gasteiger partial charge in [-0.25, -0.2) is 9.97 Å². The van der Waals surface area contributed by atoms with E-state index in [1.807, 2.05) is 17.3 Å². The SMILES string of the molecule is Cc1ncsc1C(=O)N1CCCN(Cc2cscn2)CC1. The van der Waals surface area contributed by atoms with Crippen molar-refractivity contribution in [1.82, 2.24) is 19.8 Å². The van der Waals surface area contributed by atoms with Crippen LogP contribution in [0.4, 0.5) is 0 Å². The average molecular weight is 322 g/mol. The van der Waals surface area contributed by atoms with Crippen molar-refractivity contribution < 1.29 is 4.79 Å². The lowest BCUT2D eigenvalue weighted by Gasteiger charge is -2.21. The number of aryl methyl sites for hydroxylation is 1. The molecule has 1 aliphatic rings. The van der Waals surface area contributed by atoms with Crippen molar-refractivity contribution in [2.75, 3.05) is 26.2 Å². The fraction of sp³-hybridized carbons (Fsp3) is 0.500. The van der Waals surface area contributed by atoms with E-state index in [2.05, 4.69) is 20.2 Å². The molecule has 0 N–H and O–H groups in total. The third-order valence-electron chi connectivity index (χ3n) is 3.68. The van der Waals surface area contributed by atoms with Crippen LogP contribution in [0.25, 0.3) is 0 Å². The fourth-order valence-corrected chi connectivity index (χ4v) is 3.85. The molecule has 3 rings (SSSR count). The molecule has 0 saturated carbocycles. The third-order valence-corrected chi connectivity index (χ3v) is 5.24. The third kappa shape index (κ3) is 3.48. The van der Waals surface area contributed by atoms with Crippen LogP contribution in [0.5, 0.6) is 0 Å². The Morgan fingerprint density at radius 3 is 2.86 bits per heavy atom. The number of amides is 1. The summed E-state index contributed by atoms with van der Waals surface area (Å²) in [7, 11) is 0. The monoisotopic (exact) mass is 322 g/mol. The molecule has 2 aromatic heterocycles. The summed E-state index contributed by atoms with van der Waals surface area (Å²) < 4.78 is 0. The normalized spacial score (nSPS) is 16.9. The Morgan fingerprint density at radius 2 is 2.14 bits per heavy atom. The van der Waals surface area contributed by atoms with Gasteiger partial charge in [0.15, 0.2) is 0 Å². The number of hydrogen-bond acceptors (Lipinski definition) is 6. The Hall–Kier alpha value is -1.31. The summed E-state index contributed by atoms with van der Waals surface area (Å²) in [6.45, 7) is 6.30. The highest BCUT2D eigenvalue weighted by atomic mass is 32.1. The molecule has 0 aromatic carbocycles. The van der Waals surface area contributed by atoms with Crippen molar-refractivity contribution >= 4 is 28.6 Å². The zero-order valence-corrected chi connectivity index (χ0v) is 13.6. The van der Waals surface area contributed by atoms with Crippen LogP contribution in [0.15, 0.2) is 16.4 Å². The van der Waals surface area contributed by atoms with Crippen molar-refractivity contribution in [3.05, 3.63) is 32.7 Å². The standard InChI is InChI=1S/C14H18N4OS2/c1-11-13(21-10-15-11)14(19)18-4-2-3-17(5-6-18)7-12-8-20-9-16-12/h8-10H,2-7H2,1H3. The minimum absolute atomic E-state index is 0.130. The van der Waals surface area contributed by atoms with Crippen LogP contribution >= 0.6 is 22.7 Å². The lowest BCUT2D eigenvalue weighted by atomic mass is 10.3. The molecule has 0 aliphatic carbocycles. The van der Waals surface area contributed by atoms with Crippen LogP contribution in [0.3, 0.4) is 0 Å². The van der Waals surface area contributed by atoms with Gasteiger partial charge >= 0.3 is 0 Å². The van der Waals surface area contributed by atoms with Gasteiger partial charge in [0.25, 0.3) is 5.91 Å². The molecule has 112 valence electrons. The molecule has 0 radical (unpaired) electrons. The molecular formula is C14H18N4OS2. The zero-order valence-electron chi connectivity index (χ0n) is 12.0. The first-order valence-electron chi connectivity index (χ1n) is 7.03. The quantitative estimate of drug-likeness (QED) is 0.870. The highest BCUT2D eigenvalue weighted by Gasteiger charge is 2.22. The Kier molecular flexibility index (Phi) is 4.62. The molecule has 0 bridgehead atoms. The highest BCUT2D eigenvalue weighted by molar-refractivity contribution is 7.11. The summed E-state index contributed by atoms with van der Waals surface area (Å²) in [5, 5.41) is 2.09. The molecule has 0 unspecified atom stereocenters. The Bertz CT molecular complexity index is 596. The van der Waals surface area contributed by atoms with E-state index >= 15 is 0 Å². The number of hydrogen-bond donors (Lipinski definition) is 0. The van der Waals surface area contributed by atoms with Gasteiger partial charge in [0.2, 0.25) is 0 Å². The van der Waals surface area contributed by atoms with Crippen LogP contribution in [-0.2, 0) is 6.54 Å². The van der Waals surface area contributed by atoms with Gasteiger partial charge < -0.3 is 4.90 Å². The second kappa shape index (κ2) is 6.64. The van der Waals surface area contributed by atoms with E-state index in [0.717, 1.165) is 55.4 Å². The summed E-state index contributed by atoms with van der Waals surface area (Å²) in [4.78, 5) is 26.2. The van der Waals surface area contributed by atoms with E-state index in [4.69, 9.17) is 0 Å². The van der Waals surface area contributed by atoms with Crippen molar-refractivity contribution in [3.63, 3.8) is 0 Å². The van der Waals surface area contributed by atoms with Crippen molar-refractivity contribution in [2.45, 2.75) is 19.9 Å². The number of aromatic nitrogens is 2. The average Bonchev–Trinajstić information content (AvgIpc) is 3.07. The number of nitrogens with zero attached hydrogens (tertiary/aromatic N) is 4. The Balaban J connectivity index is 1.60. The van der Waals surface area contributed by atoms with Crippen molar-refractivity contribution in [2.24, 2.45) is 0 Å². The van der Waals surface area contributed by atoms with E-state index in [0.29, 0.717) is 0 Å². The van der Waals surface area contributed by atoms with E-state index in [1.165, 1.54) is 11.3 Å². The molecule has 1 saturated heterocycles. The number of rotatable bonds is 3. The lowest BCUT2D eigenvalue weighted by molar-refractivity contribution is 0.0765. The van der Waals surface area contributed by atoms with Crippen LogP contribution in [-0.4, -0.2) is 51.9 Å². The molecule has 7 heteroatoms. The van der Waals surface area contributed by atoms with Crippen LogP contribution < -0.4 is 0 Å². The van der Waals surface area contributed by atoms with E-state index in [-0.39, 0.29) is 5.91 Å². The smallest absolute Gasteiger partial charge is 0.265 e. The maximum atomic E-state index is 12.5. The molecular weight excluding hydrogens is 304 g/mol. The van der Waals surface area contributed by atoms with Gasteiger partial charge in [0, 0.05) is 38.1 Å². The highest BCUT2D eigenvalue weighted by Crippen LogP contribution is 2.17. The maximum Gasteiger partial charge on any atom is 0.265 e. The molecule has 1 amide bonds. The van der Waals surface area contributed by atoms with E-state index in [9.17, 15) is 4.79 Å². The van der Waals surface area contributed by atoms with Crippen LogP contribution in [0, 0.1) is 6.92 Å². The number of thiazole rings is 2. The summed E-state index contributed by atoms with van der Waals surface area (Å²) >= 11 is 3.07. The first kappa shape index (κ1) is 14.6. The Morgan fingerprint density at radius 1 is 1.24 bits per heavy atom. The molecule has 3 heterocycles.